The van der Waals surface area contributed by atoms with E-state index in [-0.39, 0.29) is 5.75 Å². The number of rotatable bonds is 9. The van der Waals surface area contributed by atoms with Gasteiger partial charge in [0.25, 0.3) is 0 Å². The van der Waals surface area contributed by atoms with E-state index in [0.29, 0.717) is 25.4 Å². The van der Waals surface area contributed by atoms with E-state index in [1.54, 1.807) is 26.2 Å². The van der Waals surface area contributed by atoms with E-state index in [1.165, 1.54) is 6.07 Å². The van der Waals surface area contributed by atoms with Crippen LogP contribution in [0.1, 0.15) is 18.1 Å². The molecule has 0 bridgehead atoms. The number of halogens is 3. The highest BCUT2D eigenvalue weighted by molar-refractivity contribution is 5.43. The van der Waals surface area contributed by atoms with Crippen molar-refractivity contribution in [1.82, 2.24) is 5.32 Å². The maximum atomic E-state index is 12.3. The van der Waals surface area contributed by atoms with Crippen molar-refractivity contribution in [2.24, 2.45) is 0 Å². The molecule has 0 spiro atoms. The Morgan fingerprint density at radius 3 is 2.38 bits per heavy atom. The summed E-state index contributed by atoms with van der Waals surface area (Å²) >= 11 is 0. The Morgan fingerprint density at radius 2 is 1.69 bits per heavy atom. The molecule has 0 unspecified atom stereocenters. The van der Waals surface area contributed by atoms with Gasteiger partial charge in [-0.3, -0.25) is 0 Å². The van der Waals surface area contributed by atoms with Gasteiger partial charge in [-0.1, -0.05) is 24.3 Å². The first-order valence-corrected chi connectivity index (χ1v) is 8.21. The molecule has 0 fully saturated rings. The third-order valence-corrected chi connectivity index (χ3v) is 3.54. The monoisotopic (exact) mass is 369 g/mol. The summed E-state index contributed by atoms with van der Waals surface area (Å²) in [4.78, 5) is 0. The standard InChI is InChI=1S/C19H22F3NO3/c1-3-25-18-10-14(8-9-17(18)26-13-19(20,21)22)11-23-12-15-6-4-5-7-16(15)24-2/h4-10,23H,3,11-13H2,1-2H3. The van der Waals surface area contributed by atoms with Gasteiger partial charge >= 0.3 is 6.18 Å². The second-order valence-corrected chi connectivity index (χ2v) is 5.53. The average Bonchev–Trinajstić information content (AvgIpc) is 2.61. The average molecular weight is 369 g/mol. The lowest BCUT2D eigenvalue weighted by molar-refractivity contribution is -0.153. The van der Waals surface area contributed by atoms with Crippen LogP contribution in [-0.2, 0) is 13.1 Å². The van der Waals surface area contributed by atoms with Crippen LogP contribution in [0, 0.1) is 0 Å². The zero-order valence-corrected chi connectivity index (χ0v) is 14.7. The van der Waals surface area contributed by atoms with E-state index >= 15 is 0 Å². The van der Waals surface area contributed by atoms with Crippen molar-refractivity contribution < 1.29 is 27.4 Å². The Kier molecular flexibility index (Phi) is 7.15. The molecule has 2 aromatic rings. The predicted molar refractivity (Wildman–Crippen MR) is 92.7 cm³/mol. The van der Waals surface area contributed by atoms with E-state index in [4.69, 9.17) is 14.2 Å². The first-order chi connectivity index (χ1) is 12.4. The lowest BCUT2D eigenvalue weighted by Gasteiger charge is -2.15. The molecule has 0 saturated heterocycles. The molecule has 2 aromatic carbocycles. The summed E-state index contributed by atoms with van der Waals surface area (Å²) in [5, 5.41) is 3.28. The van der Waals surface area contributed by atoms with Crippen LogP contribution in [0.5, 0.6) is 17.2 Å². The van der Waals surface area contributed by atoms with Gasteiger partial charge in [-0.2, -0.15) is 13.2 Å². The van der Waals surface area contributed by atoms with Gasteiger partial charge in [-0.05, 0) is 30.7 Å². The fourth-order valence-electron chi connectivity index (χ4n) is 2.40. The van der Waals surface area contributed by atoms with Crippen LogP contribution >= 0.6 is 0 Å². The molecule has 0 amide bonds. The third-order valence-electron chi connectivity index (χ3n) is 3.54. The molecule has 0 aromatic heterocycles. The molecule has 7 heteroatoms. The minimum absolute atomic E-state index is 0.0812. The highest BCUT2D eigenvalue weighted by Gasteiger charge is 2.29. The van der Waals surface area contributed by atoms with Crippen LogP contribution < -0.4 is 19.5 Å². The van der Waals surface area contributed by atoms with Crippen LogP contribution in [0.4, 0.5) is 13.2 Å². The molecule has 1 N–H and O–H groups in total. The Morgan fingerprint density at radius 1 is 0.923 bits per heavy atom. The van der Waals surface area contributed by atoms with E-state index in [9.17, 15) is 13.2 Å². The number of ether oxygens (including phenoxy) is 3. The lowest BCUT2D eigenvalue weighted by atomic mass is 10.1. The summed E-state index contributed by atoms with van der Waals surface area (Å²) in [5.41, 5.74) is 1.90. The van der Waals surface area contributed by atoms with Crippen LogP contribution in [-0.4, -0.2) is 26.5 Å². The Bertz CT molecular complexity index is 705. The summed E-state index contributed by atoms with van der Waals surface area (Å²) in [7, 11) is 1.62. The summed E-state index contributed by atoms with van der Waals surface area (Å²) in [6.45, 7) is 1.87. The van der Waals surface area contributed by atoms with Crippen LogP contribution in [0.15, 0.2) is 42.5 Å². The zero-order chi connectivity index (χ0) is 19.0. The van der Waals surface area contributed by atoms with Crippen molar-refractivity contribution in [3.8, 4) is 17.2 Å². The van der Waals surface area contributed by atoms with E-state index in [2.05, 4.69) is 5.32 Å². The number of benzene rings is 2. The summed E-state index contributed by atoms with van der Waals surface area (Å²) in [6, 6.07) is 12.6. The molecule has 0 saturated carbocycles. The molecule has 0 aliphatic heterocycles. The minimum Gasteiger partial charge on any atom is -0.496 e. The molecule has 2 rings (SSSR count). The van der Waals surface area contributed by atoms with Gasteiger partial charge in [-0.15, -0.1) is 0 Å². The molecule has 0 heterocycles. The number of nitrogens with one attached hydrogen (secondary N) is 1. The Hall–Kier alpha value is -2.41. The maximum Gasteiger partial charge on any atom is 0.422 e. The van der Waals surface area contributed by atoms with Crippen molar-refractivity contribution in [3.63, 3.8) is 0 Å². The number of alkyl halides is 3. The molecule has 4 nitrogen and oxygen atoms in total. The Labute approximate surface area is 150 Å². The lowest BCUT2D eigenvalue weighted by Crippen LogP contribution is -2.19. The largest absolute Gasteiger partial charge is 0.496 e. The number of methoxy groups -OCH3 is 1. The number of hydrogen-bond acceptors (Lipinski definition) is 4. The van der Waals surface area contributed by atoms with Gasteiger partial charge in [0.05, 0.1) is 13.7 Å². The van der Waals surface area contributed by atoms with Gasteiger partial charge in [0, 0.05) is 18.7 Å². The van der Waals surface area contributed by atoms with Crippen molar-refractivity contribution in [3.05, 3.63) is 53.6 Å². The van der Waals surface area contributed by atoms with Crippen molar-refractivity contribution in [2.45, 2.75) is 26.2 Å². The number of hydrogen-bond donors (Lipinski definition) is 1. The van der Waals surface area contributed by atoms with Crippen LogP contribution in [0.3, 0.4) is 0 Å². The van der Waals surface area contributed by atoms with Crippen molar-refractivity contribution in [2.75, 3.05) is 20.3 Å². The quantitative estimate of drug-likeness (QED) is 0.714. The highest BCUT2D eigenvalue weighted by Crippen LogP contribution is 2.30. The van der Waals surface area contributed by atoms with Crippen molar-refractivity contribution in [1.29, 1.82) is 0 Å². The van der Waals surface area contributed by atoms with E-state index in [1.807, 2.05) is 24.3 Å². The molecule has 26 heavy (non-hydrogen) atoms. The van der Waals surface area contributed by atoms with Gasteiger partial charge in [-0.25, -0.2) is 0 Å². The second-order valence-electron chi connectivity index (χ2n) is 5.53. The molecule has 0 radical (unpaired) electrons. The molecule has 0 aliphatic rings. The summed E-state index contributed by atoms with van der Waals surface area (Å²) in [6.07, 6.45) is -4.39. The van der Waals surface area contributed by atoms with Gasteiger partial charge in [0.15, 0.2) is 18.1 Å². The third kappa shape index (κ3) is 6.15. The minimum atomic E-state index is -4.39. The highest BCUT2D eigenvalue weighted by atomic mass is 19.4. The van der Waals surface area contributed by atoms with E-state index < -0.39 is 12.8 Å². The fourth-order valence-corrected chi connectivity index (χ4v) is 2.40. The van der Waals surface area contributed by atoms with Gasteiger partial charge < -0.3 is 19.5 Å². The second kappa shape index (κ2) is 9.33. The van der Waals surface area contributed by atoms with Gasteiger partial charge in [0.2, 0.25) is 0 Å². The van der Waals surface area contributed by atoms with E-state index in [0.717, 1.165) is 16.9 Å². The summed E-state index contributed by atoms with van der Waals surface area (Å²) < 4.78 is 52.6. The first-order valence-electron chi connectivity index (χ1n) is 8.21. The normalized spacial score (nSPS) is 11.3. The molecule has 0 atom stereocenters. The first kappa shape index (κ1) is 19.9. The summed E-state index contributed by atoms with van der Waals surface area (Å²) in [5.74, 6) is 1.18. The molecule has 0 aliphatic carbocycles. The number of para-hydroxylation sites is 1. The molecule has 142 valence electrons. The van der Waals surface area contributed by atoms with Crippen LogP contribution in [0.25, 0.3) is 0 Å². The SMILES string of the molecule is CCOc1cc(CNCc2ccccc2OC)ccc1OCC(F)(F)F. The smallest absolute Gasteiger partial charge is 0.422 e. The maximum absolute atomic E-state index is 12.3. The predicted octanol–water partition coefficient (Wildman–Crippen LogP) is 4.32. The molecular weight excluding hydrogens is 347 g/mol. The fraction of sp³-hybridized carbons (Fsp3) is 0.368. The Balaban J connectivity index is 1.99. The topological polar surface area (TPSA) is 39.7 Å². The zero-order valence-electron chi connectivity index (χ0n) is 14.7. The molecular formula is C19H22F3NO3. The van der Waals surface area contributed by atoms with Crippen molar-refractivity contribution >= 4 is 0 Å². The van der Waals surface area contributed by atoms with Gasteiger partial charge in [0.1, 0.15) is 5.75 Å². The van der Waals surface area contributed by atoms with Crippen LogP contribution in [0.2, 0.25) is 0 Å².